The van der Waals surface area contributed by atoms with Crippen molar-refractivity contribution in [3.63, 3.8) is 0 Å². The van der Waals surface area contributed by atoms with Crippen LogP contribution in [0.1, 0.15) is 98.3 Å². The summed E-state index contributed by atoms with van der Waals surface area (Å²) >= 11 is 0. The summed E-state index contributed by atoms with van der Waals surface area (Å²) in [5, 5.41) is 3.69. The summed E-state index contributed by atoms with van der Waals surface area (Å²) in [6, 6.07) is 0.708. The van der Waals surface area contributed by atoms with Gasteiger partial charge in [0.1, 0.15) is 0 Å². The molecule has 1 aliphatic heterocycles. The zero-order valence-electron chi connectivity index (χ0n) is 20.2. The standard InChI is InChI=1S/C28H46N2/c1-19-17-22(30-18-19)13-16-29-20(2)24-10-11-25-23-9-8-21-7-5-6-14-27(21,3)26(23)12-15-28(24,25)4/h7,19,22-26,30H,5-6,8-18H2,1-4H3. The van der Waals surface area contributed by atoms with Crippen LogP contribution in [0.2, 0.25) is 0 Å². The monoisotopic (exact) mass is 410 g/mol. The third-order valence-corrected chi connectivity index (χ3v) is 10.8. The molecule has 4 fully saturated rings. The zero-order chi connectivity index (χ0) is 20.9. The fourth-order valence-corrected chi connectivity index (χ4v) is 9.19. The number of hydrogen-bond donors (Lipinski definition) is 1. The Bertz CT molecular complexity index is 707. The Labute approximate surface area is 185 Å². The number of fused-ring (bicyclic) bond motifs is 5. The summed E-state index contributed by atoms with van der Waals surface area (Å²) in [5.41, 5.74) is 4.39. The molecule has 1 saturated heterocycles. The molecule has 1 N–H and O–H groups in total. The summed E-state index contributed by atoms with van der Waals surface area (Å²) < 4.78 is 0. The summed E-state index contributed by atoms with van der Waals surface area (Å²) in [6.07, 6.45) is 18.1. The third-order valence-electron chi connectivity index (χ3n) is 10.8. The molecule has 2 nitrogen and oxygen atoms in total. The van der Waals surface area contributed by atoms with Crippen molar-refractivity contribution in [2.24, 2.45) is 45.4 Å². The van der Waals surface area contributed by atoms with E-state index in [-0.39, 0.29) is 0 Å². The molecule has 5 aliphatic rings. The first-order valence-corrected chi connectivity index (χ1v) is 13.4. The molecule has 0 aromatic heterocycles. The van der Waals surface area contributed by atoms with Crippen LogP contribution in [-0.2, 0) is 0 Å². The Balaban J connectivity index is 1.27. The van der Waals surface area contributed by atoms with Gasteiger partial charge in [0.15, 0.2) is 0 Å². The van der Waals surface area contributed by atoms with Crippen LogP contribution < -0.4 is 5.32 Å². The van der Waals surface area contributed by atoms with Gasteiger partial charge < -0.3 is 5.32 Å². The lowest BCUT2D eigenvalue weighted by Crippen LogP contribution is -2.50. The van der Waals surface area contributed by atoms with Gasteiger partial charge in [-0.3, -0.25) is 4.99 Å². The quantitative estimate of drug-likeness (QED) is 0.400. The Morgan fingerprint density at radius 2 is 2.00 bits per heavy atom. The first kappa shape index (κ1) is 21.2. The van der Waals surface area contributed by atoms with E-state index in [2.05, 4.69) is 39.1 Å². The van der Waals surface area contributed by atoms with E-state index >= 15 is 0 Å². The maximum atomic E-state index is 5.18. The third kappa shape index (κ3) is 3.44. The Kier molecular flexibility index (Phi) is 5.70. The predicted molar refractivity (Wildman–Crippen MR) is 128 cm³/mol. The second-order valence-electron chi connectivity index (χ2n) is 12.4. The average Bonchev–Trinajstić information content (AvgIpc) is 3.30. The zero-order valence-corrected chi connectivity index (χ0v) is 20.2. The van der Waals surface area contributed by atoms with Gasteiger partial charge in [-0.2, -0.15) is 0 Å². The molecule has 8 unspecified atom stereocenters. The topological polar surface area (TPSA) is 24.4 Å². The van der Waals surface area contributed by atoms with Gasteiger partial charge in [0, 0.05) is 24.2 Å². The number of allylic oxidation sites excluding steroid dienone is 2. The first-order valence-electron chi connectivity index (χ1n) is 13.4. The first-order chi connectivity index (χ1) is 14.4. The van der Waals surface area contributed by atoms with Crippen LogP contribution in [0.25, 0.3) is 0 Å². The van der Waals surface area contributed by atoms with Crippen molar-refractivity contribution < 1.29 is 0 Å². The van der Waals surface area contributed by atoms with Crippen LogP contribution in [0, 0.1) is 40.4 Å². The van der Waals surface area contributed by atoms with Gasteiger partial charge in [-0.1, -0.05) is 32.4 Å². The van der Waals surface area contributed by atoms with Crippen LogP contribution in [0.5, 0.6) is 0 Å². The molecule has 168 valence electrons. The summed E-state index contributed by atoms with van der Waals surface area (Å²) in [6.45, 7) is 12.3. The van der Waals surface area contributed by atoms with E-state index in [1.54, 1.807) is 0 Å². The molecule has 8 atom stereocenters. The van der Waals surface area contributed by atoms with Crippen LogP contribution >= 0.6 is 0 Å². The van der Waals surface area contributed by atoms with Gasteiger partial charge in [0.05, 0.1) is 0 Å². The predicted octanol–water partition coefficient (Wildman–Crippen LogP) is 6.80. The lowest BCUT2D eigenvalue weighted by Gasteiger charge is -2.58. The molecule has 0 radical (unpaired) electrons. The van der Waals surface area contributed by atoms with Crippen LogP contribution in [0.4, 0.5) is 0 Å². The molecule has 30 heavy (non-hydrogen) atoms. The normalized spacial score (nSPS) is 48.7. The number of nitrogens with one attached hydrogen (secondary N) is 1. The SMILES string of the molecule is CC(=NCCC1CC(C)CN1)C1CCC2C3CCC4=CCCCC4(C)C3CCC12C. The van der Waals surface area contributed by atoms with Crippen molar-refractivity contribution in [1.82, 2.24) is 5.32 Å². The van der Waals surface area contributed by atoms with E-state index in [1.807, 2.05) is 5.57 Å². The minimum Gasteiger partial charge on any atom is -0.314 e. The molecule has 4 aliphatic carbocycles. The van der Waals surface area contributed by atoms with Crippen molar-refractivity contribution in [3.8, 4) is 0 Å². The van der Waals surface area contributed by atoms with E-state index in [4.69, 9.17) is 4.99 Å². The number of rotatable bonds is 4. The second-order valence-corrected chi connectivity index (χ2v) is 12.4. The molecular weight excluding hydrogens is 364 g/mol. The molecule has 0 aromatic rings. The van der Waals surface area contributed by atoms with E-state index in [0.29, 0.717) is 16.9 Å². The van der Waals surface area contributed by atoms with Gasteiger partial charge in [-0.15, -0.1) is 0 Å². The van der Waals surface area contributed by atoms with Gasteiger partial charge in [0.2, 0.25) is 0 Å². The summed E-state index contributed by atoms with van der Waals surface area (Å²) in [7, 11) is 0. The molecule has 5 rings (SSSR count). The van der Waals surface area contributed by atoms with E-state index in [9.17, 15) is 0 Å². The minimum atomic E-state index is 0.515. The van der Waals surface area contributed by atoms with Gasteiger partial charge in [0.25, 0.3) is 0 Å². The van der Waals surface area contributed by atoms with E-state index in [1.165, 1.54) is 82.9 Å². The lowest BCUT2D eigenvalue weighted by atomic mass is 9.47. The highest BCUT2D eigenvalue weighted by atomic mass is 15.0. The van der Waals surface area contributed by atoms with Crippen LogP contribution in [0.15, 0.2) is 16.6 Å². The van der Waals surface area contributed by atoms with Crippen molar-refractivity contribution in [2.45, 2.75) is 104 Å². The fourth-order valence-electron chi connectivity index (χ4n) is 9.19. The Morgan fingerprint density at radius 1 is 1.13 bits per heavy atom. The highest BCUT2D eigenvalue weighted by Gasteiger charge is 2.58. The largest absolute Gasteiger partial charge is 0.314 e. The highest BCUT2D eigenvalue weighted by Crippen LogP contribution is 2.66. The molecule has 1 heterocycles. The Hall–Kier alpha value is -0.630. The summed E-state index contributed by atoms with van der Waals surface area (Å²) in [5.74, 6) is 4.48. The number of aliphatic imine (C=N–C) groups is 1. The van der Waals surface area contributed by atoms with E-state index in [0.717, 1.165) is 36.1 Å². The van der Waals surface area contributed by atoms with Crippen molar-refractivity contribution >= 4 is 5.71 Å². The van der Waals surface area contributed by atoms with Crippen LogP contribution in [0.3, 0.4) is 0 Å². The van der Waals surface area contributed by atoms with Gasteiger partial charge in [-0.05, 0) is 119 Å². The maximum Gasteiger partial charge on any atom is 0.0403 e. The summed E-state index contributed by atoms with van der Waals surface area (Å²) in [4.78, 5) is 5.18. The molecule has 0 bridgehead atoms. The number of nitrogens with zero attached hydrogens (tertiary/aromatic N) is 1. The average molecular weight is 411 g/mol. The fraction of sp³-hybridized carbons (Fsp3) is 0.893. The smallest absolute Gasteiger partial charge is 0.0403 e. The highest BCUT2D eigenvalue weighted by molar-refractivity contribution is 5.85. The van der Waals surface area contributed by atoms with Crippen molar-refractivity contribution in [2.75, 3.05) is 13.1 Å². The molecule has 0 spiro atoms. The van der Waals surface area contributed by atoms with Crippen LogP contribution in [-0.4, -0.2) is 24.8 Å². The van der Waals surface area contributed by atoms with Crippen molar-refractivity contribution in [1.29, 1.82) is 0 Å². The minimum absolute atomic E-state index is 0.515. The molecule has 2 heteroatoms. The molecule has 0 amide bonds. The van der Waals surface area contributed by atoms with E-state index < -0.39 is 0 Å². The van der Waals surface area contributed by atoms with Gasteiger partial charge >= 0.3 is 0 Å². The Morgan fingerprint density at radius 3 is 2.80 bits per heavy atom. The van der Waals surface area contributed by atoms with Crippen molar-refractivity contribution in [3.05, 3.63) is 11.6 Å². The van der Waals surface area contributed by atoms with Gasteiger partial charge in [-0.25, -0.2) is 0 Å². The number of hydrogen-bond acceptors (Lipinski definition) is 2. The lowest BCUT2D eigenvalue weighted by molar-refractivity contribution is -0.0431. The molecular formula is C28H46N2. The molecule has 3 saturated carbocycles. The maximum absolute atomic E-state index is 5.18. The molecule has 0 aromatic carbocycles. The second kappa shape index (κ2) is 8.05.